The number of rotatable bonds is 3. The Labute approximate surface area is 109 Å². The van der Waals surface area contributed by atoms with Crippen LogP contribution in [0.3, 0.4) is 0 Å². The molecule has 0 spiro atoms. The molecule has 1 rings (SSSR count). The molecule has 2 N–H and O–H groups in total. The smallest absolute Gasteiger partial charge is 0.306 e. The fraction of sp³-hybridized carbons (Fsp3) is 0.846. The Kier molecular flexibility index (Phi) is 4.73. The van der Waals surface area contributed by atoms with Gasteiger partial charge in [-0.2, -0.15) is 0 Å². The van der Waals surface area contributed by atoms with E-state index < -0.39 is 5.97 Å². The van der Waals surface area contributed by atoms with E-state index in [2.05, 4.69) is 5.32 Å². The molecule has 1 aliphatic rings. The largest absolute Gasteiger partial charge is 0.481 e. The van der Waals surface area contributed by atoms with Crippen molar-refractivity contribution in [2.75, 3.05) is 13.1 Å². The van der Waals surface area contributed by atoms with Crippen LogP contribution in [0.2, 0.25) is 0 Å². The van der Waals surface area contributed by atoms with Crippen molar-refractivity contribution in [3.63, 3.8) is 0 Å². The molecule has 18 heavy (non-hydrogen) atoms. The van der Waals surface area contributed by atoms with Crippen LogP contribution in [-0.2, 0) is 9.59 Å². The molecule has 0 aromatic rings. The van der Waals surface area contributed by atoms with Crippen molar-refractivity contribution in [2.45, 2.75) is 52.1 Å². The van der Waals surface area contributed by atoms with Crippen molar-refractivity contribution < 1.29 is 14.7 Å². The number of piperidine rings is 1. The van der Waals surface area contributed by atoms with Crippen molar-refractivity contribution in [3.8, 4) is 0 Å². The second-order valence-electron chi connectivity index (χ2n) is 6.10. The summed E-state index contributed by atoms with van der Waals surface area (Å²) in [5, 5.41) is 12.1. The first kappa shape index (κ1) is 15.0. The number of nitrogens with one attached hydrogen (secondary N) is 1. The topological polar surface area (TPSA) is 69.6 Å². The molecule has 0 radical (unpaired) electrons. The first-order chi connectivity index (χ1) is 8.20. The lowest BCUT2D eigenvalue weighted by molar-refractivity contribution is -0.147. The van der Waals surface area contributed by atoms with Crippen molar-refractivity contribution >= 4 is 11.9 Å². The Morgan fingerprint density at radius 2 is 2.00 bits per heavy atom. The van der Waals surface area contributed by atoms with Gasteiger partial charge in [0.25, 0.3) is 0 Å². The molecule has 5 nitrogen and oxygen atoms in total. The molecule has 1 saturated heterocycles. The van der Waals surface area contributed by atoms with Crippen LogP contribution in [-0.4, -0.2) is 46.6 Å². The number of likely N-dealkylation sites (tertiary alicyclic amines) is 1. The summed E-state index contributed by atoms with van der Waals surface area (Å²) in [5.74, 6) is -0.998. The summed E-state index contributed by atoms with van der Waals surface area (Å²) in [6, 6.07) is 0.00844. The lowest BCUT2D eigenvalue weighted by atomic mass is 9.91. The summed E-state index contributed by atoms with van der Waals surface area (Å²) in [6.07, 6.45) is 1.11. The van der Waals surface area contributed by atoms with Gasteiger partial charge in [0.15, 0.2) is 0 Å². The highest BCUT2D eigenvalue weighted by Crippen LogP contribution is 2.22. The lowest BCUT2D eigenvalue weighted by Crippen LogP contribution is -2.51. The predicted octanol–water partition coefficient (Wildman–Crippen LogP) is 1.09. The number of hydrogen-bond acceptors (Lipinski definition) is 3. The monoisotopic (exact) mass is 256 g/mol. The average Bonchev–Trinajstić information content (AvgIpc) is 2.24. The number of carbonyl (C=O) groups is 2. The third-order valence-electron chi connectivity index (χ3n) is 3.32. The molecular weight excluding hydrogens is 232 g/mol. The molecule has 1 amide bonds. The minimum atomic E-state index is -0.748. The fourth-order valence-corrected chi connectivity index (χ4v) is 2.21. The number of carbonyl (C=O) groups excluding carboxylic acids is 1. The minimum absolute atomic E-state index is 0.00844. The number of amides is 1. The van der Waals surface area contributed by atoms with Gasteiger partial charge in [0.1, 0.15) is 0 Å². The first-order valence-corrected chi connectivity index (χ1v) is 6.48. The van der Waals surface area contributed by atoms with Gasteiger partial charge in [-0.05, 0) is 40.5 Å². The van der Waals surface area contributed by atoms with Crippen LogP contribution >= 0.6 is 0 Å². The van der Waals surface area contributed by atoms with Gasteiger partial charge >= 0.3 is 5.97 Å². The van der Waals surface area contributed by atoms with Gasteiger partial charge in [0, 0.05) is 18.1 Å². The maximum atomic E-state index is 12.0. The Hall–Kier alpha value is -1.10. The Bertz CT molecular complexity index is 323. The predicted molar refractivity (Wildman–Crippen MR) is 69.3 cm³/mol. The highest BCUT2D eigenvalue weighted by Gasteiger charge is 2.32. The number of carboxylic acid groups (broad SMARTS) is 1. The zero-order chi connectivity index (χ0) is 13.9. The molecule has 0 saturated carbocycles. The highest BCUT2D eigenvalue weighted by atomic mass is 16.4. The van der Waals surface area contributed by atoms with Crippen LogP contribution in [0.15, 0.2) is 0 Å². The zero-order valence-corrected chi connectivity index (χ0v) is 11.7. The Morgan fingerprint density at radius 1 is 1.39 bits per heavy atom. The lowest BCUT2D eigenvalue weighted by Gasteiger charge is -2.37. The van der Waals surface area contributed by atoms with E-state index in [0.717, 1.165) is 0 Å². The van der Waals surface area contributed by atoms with Gasteiger partial charge in [-0.25, -0.2) is 0 Å². The third-order valence-corrected chi connectivity index (χ3v) is 3.32. The standard InChI is InChI=1S/C13H24N2O3/c1-9-7-10(12(17)18)5-6-15(9)11(16)8-14-13(2,3)4/h9-10,14H,5-8H2,1-4H3,(H,17,18). The summed E-state index contributed by atoms with van der Waals surface area (Å²) >= 11 is 0. The van der Waals surface area contributed by atoms with E-state index in [9.17, 15) is 9.59 Å². The highest BCUT2D eigenvalue weighted by molar-refractivity contribution is 5.79. The SMILES string of the molecule is CC1CC(C(=O)O)CCN1C(=O)CNC(C)(C)C. The number of hydrogen-bond donors (Lipinski definition) is 2. The van der Waals surface area contributed by atoms with Crippen LogP contribution in [0.4, 0.5) is 0 Å². The summed E-state index contributed by atoms with van der Waals surface area (Å²) in [7, 11) is 0. The molecule has 2 atom stereocenters. The van der Waals surface area contributed by atoms with E-state index in [1.165, 1.54) is 0 Å². The van der Waals surface area contributed by atoms with Gasteiger partial charge in [-0.1, -0.05) is 0 Å². The Balaban J connectivity index is 2.48. The molecule has 1 heterocycles. The van der Waals surface area contributed by atoms with Crippen LogP contribution in [0.5, 0.6) is 0 Å². The number of nitrogens with zero attached hydrogens (tertiary/aromatic N) is 1. The summed E-state index contributed by atoms with van der Waals surface area (Å²) in [5.41, 5.74) is -0.0850. The molecule has 0 bridgehead atoms. The number of carboxylic acids is 1. The van der Waals surface area contributed by atoms with Crippen LogP contribution < -0.4 is 5.32 Å². The first-order valence-electron chi connectivity index (χ1n) is 6.48. The van der Waals surface area contributed by atoms with Gasteiger partial charge in [-0.15, -0.1) is 0 Å². The van der Waals surface area contributed by atoms with Crippen LogP contribution in [0.1, 0.15) is 40.5 Å². The summed E-state index contributed by atoms with van der Waals surface area (Å²) in [4.78, 5) is 24.8. The van der Waals surface area contributed by atoms with E-state index in [1.54, 1.807) is 4.90 Å². The molecule has 1 fully saturated rings. The Morgan fingerprint density at radius 3 is 2.44 bits per heavy atom. The molecule has 0 aromatic heterocycles. The van der Waals surface area contributed by atoms with Crippen molar-refractivity contribution in [1.29, 1.82) is 0 Å². The average molecular weight is 256 g/mol. The molecule has 104 valence electrons. The summed E-state index contributed by atoms with van der Waals surface area (Å²) in [6.45, 7) is 8.82. The molecule has 1 aliphatic heterocycles. The van der Waals surface area contributed by atoms with E-state index >= 15 is 0 Å². The normalized spacial score (nSPS) is 25.0. The maximum absolute atomic E-state index is 12.0. The van der Waals surface area contributed by atoms with Gasteiger partial charge < -0.3 is 15.3 Å². The third kappa shape index (κ3) is 4.29. The van der Waals surface area contributed by atoms with E-state index in [1.807, 2.05) is 27.7 Å². The van der Waals surface area contributed by atoms with Gasteiger partial charge in [0.05, 0.1) is 12.5 Å². The molecule has 2 unspecified atom stereocenters. The van der Waals surface area contributed by atoms with E-state index in [-0.39, 0.29) is 23.4 Å². The van der Waals surface area contributed by atoms with Crippen molar-refractivity contribution in [1.82, 2.24) is 10.2 Å². The van der Waals surface area contributed by atoms with Crippen molar-refractivity contribution in [2.24, 2.45) is 5.92 Å². The van der Waals surface area contributed by atoms with Crippen molar-refractivity contribution in [3.05, 3.63) is 0 Å². The quantitative estimate of drug-likeness (QED) is 0.793. The van der Waals surface area contributed by atoms with Crippen LogP contribution in [0.25, 0.3) is 0 Å². The molecule has 0 aromatic carbocycles. The fourth-order valence-electron chi connectivity index (χ4n) is 2.21. The molecular formula is C13H24N2O3. The second kappa shape index (κ2) is 5.69. The van der Waals surface area contributed by atoms with Crippen LogP contribution in [0, 0.1) is 5.92 Å². The van der Waals surface area contributed by atoms with Gasteiger partial charge in [-0.3, -0.25) is 9.59 Å². The van der Waals surface area contributed by atoms with Gasteiger partial charge in [0.2, 0.25) is 5.91 Å². The van der Waals surface area contributed by atoms with E-state index in [0.29, 0.717) is 25.9 Å². The maximum Gasteiger partial charge on any atom is 0.306 e. The summed E-state index contributed by atoms with van der Waals surface area (Å²) < 4.78 is 0. The second-order valence-corrected chi connectivity index (χ2v) is 6.10. The molecule has 5 heteroatoms. The number of aliphatic carboxylic acids is 1. The van der Waals surface area contributed by atoms with E-state index in [4.69, 9.17) is 5.11 Å². The zero-order valence-electron chi connectivity index (χ0n) is 11.7. The molecule has 0 aliphatic carbocycles. The minimum Gasteiger partial charge on any atom is -0.481 e.